The van der Waals surface area contributed by atoms with Crippen LogP contribution in [0.3, 0.4) is 0 Å². The molecule has 1 aliphatic rings. The van der Waals surface area contributed by atoms with Gasteiger partial charge in [-0.05, 0) is 30.7 Å². The van der Waals surface area contributed by atoms with Crippen molar-refractivity contribution in [2.24, 2.45) is 5.92 Å². The predicted molar refractivity (Wildman–Crippen MR) is 114 cm³/mol. The normalized spacial score (nSPS) is 17.2. The van der Waals surface area contributed by atoms with Crippen LogP contribution in [-0.4, -0.2) is 52.0 Å². The van der Waals surface area contributed by atoms with Crippen LogP contribution in [0.2, 0.25) is 0 Å². The minimum absolute atomic E-state index is 0.0638. The Bertz CT molecular complexity index is 1240. The molecule has 0 saturated carbocycles. The van der Waals surface area contributed by atoms with E-state index < -0.39 is 27.5 Å². The molecule has 1 aliphatic heterocycles. The maximum atomic E-state index is 15.1. The van der Waals surface area contributed by atoms with Crippen LogP contribution >= 0.6 is 11.8 Å². The molecule has 3 aromatic rings. The number of hydrogen-bond acceptors (Lipinski definition) is 8. The summed E-state index contributed by atoms with van der Waals surface area (Å²) in [5, 5.41) is 3.03. The first-order valence-corrected chi connectivity index (χ1v) is 12.0. The van der Waals surface area contributed by atoms with E-state index in [2.05, 4.69) is 30.0 Å². The number of thioether (sulfide) groups is 1. The lowest BCUT2D eigenvalue weighted by molar-refractivity contribution is 0.468. The molecule has 0 unspecified atom stereocenters. The number of halogens is 2. The Balaban J connectivity index is 1.68. The highest BCUT2D eigenvalue weighted by Crippen LogP contribution is 2.31. The van der Waals surface area contributed by atoms with Gasteiger partial charge in [0.2, 0.25) is 0 Å². The lowest BCUT2D eigenvalue weighted by atomic mass is 10.2. The average molecular weight is 468 g/mol. The van der Waals surface area contributed by atoms with E-state index >= 15 is 4.39 Å². The summed E-state index contributed by atoms with van der Waals surface area (Å²) in [5.41, 5.74) is -0.269. The molecule has 3 heterocycles. The van der Waals surface area contributed by atoms with Gasteiger partial charge in [0.05, 0.1) is 11.9 Å². The Labute approximate surface area is 181 Å². The van der Waals surface area contributed by atoms with E-state index in [1.165, 1.54) is 28.6 Å². The van der Waals surface area contributed by atoms with E-state index in [1.807, 2.05) is 6.92 Å². The summed E-state index contributed by atoms with van der Waals surface area (Å²) in [6, 6.07) is 2.01. The Morgan fingerprint density at radius 1 is 1.23 bits per heavy atom. The molecule has 1 atom stereocenters. The van der Waals surface area contributed by atoms with E-state index in [1.54, 1.807) is 6.26 Å². The smallest absolute Gasteiger partial charge is 0.301 e. The topological polar surface area (TPSA) is 113 Å². The molecule has 164 valence electrons. The quantitative estimate of drug-likeness (QED) is 0.420. The lowest BCUT2D eigenvalue weighted by Gasteiger charge is -2.19. The van der Waals surface area contributed by atoms with Gasteiger partial charge in [-0.1, -0.05) is 18.7 Å². The van der Waals surface area contributed by atoms with E-state index in [0.717, 1.165) is 18.6 Å². The second kappa shape index (κ2) is 8.48. The van der Waals surface area contributed by atoms with Crippen LogP contribution < -0.4 is 10.0 Å². The summed E-state index contributed by atoms with van der Waals surface area (Å²) in [4.78, 5) is 16.5. The van der Waals surface area contributed by atoms with Crippen LogP contribution in [0.5, 0.6) is 0 Å². The summed E-state index contributed by atoms with van der Waals surface area (Å²) in [6.45, 7) is 2.62. The molecule has 1 aromatic carbocycles. The molecule has 13 heteroatoms. The summed E-state index contributed by atoms with van der Waals surface area (Å²) < 4.78 is 58.2. The minimum Gasteiger partial charge on any atom is -0.333 e. The molecular formula is C18H19F2N7O2S2. The summed E-state index contributed by atoms with van der Waals surface area (Å²) in [5.74, 6) is -1.73. The number of aromatic nitrogens is 4. The van der Waals surface area contributed by atoms with Gasteiger partial charge in [-0.2, -0.15) is 12.7 Å². The van der Waals surface area contributed by atoms with Gasteiger partial charge in [0.1, 0.15) is 28.9 Å². The number of benzene rings is 1. The van der Waals surface area contributed by atoms with Crippen molar-refractivity contribution in [3.8, 4) is 0 Å². The van der Waals surface area contributed by atoms with Crippen molar-refractivity contribution < 1.29 is 17.2 Å². The van der Waals surface area contributed by atoms with Crippen molar-refractivity contribution >= 4 is 50.2 Å². The van der Waals surface area contributed by atoms with Gasteiger partial charge >= 0.3 is 10.2 Å². The van der Waals surface area contributed by atoms with Crippen LogP contribution in [0.15, 0.2) is 29.8 Å². The summed E-state index contributed by atoms with van der Waals surface area (Å²) in [7, 11) is -3.97. The molecule has 1 fully saturated rings. The van der Waals surface area contributed by atoms with Gasteiger partial charge < -0.3 is 5.32 Å². The van der Waals surface area contributed by atoms with Crippen LogP contribution in [0.1, 0.15) is 13.3 Å². The number of nitrogens with one attached hydrogen (secondary N) is 2. The number of nitrogens with zero attached hydrogens (tertiary/aromatic N) is 5. The fraction of sp³-hybridized carbons (Fsp3) is 0.333. The van der Waals surface area contributed by atoms with Gasteiger partial charge in [-0.3, -0.25) is 4.72 Å². The predicted octanol–water partition coefficient (Wildman–Crippen LogP) is 3.16. The van der Waals surface area contributed by atoms with Gasteiger partial charge in [-0.15, -0.1) is 0 Å². The third-order valence-electron chi connectivity index (χ3n) is 4.84. The maximum Gasteiger partial charge on any atom is 0.301 e. The standard InChI is InChI=1S/C18H19F2N7O2S2/c1-10-5-6-27(8-10)31(28,29)26-12-4-3-11(19)15(14(12)20)24-17-16-13(22-9-23-17)7-21-18(25-16)30-2/h3-4,7,9-10,26H,5-6,8H2,1-2H3,(H,22,23,24)/t10-/m1/s1. The molecule has 4 rings (SSSR count). The van der Waals surface area contributed by atoms with Crippen molar-refractivity contribution in [2.45, 2.75) is 18.5 Å². The van der Waals surface area contributed by atoms with Crippen molar-refractivity contribution in [2.75, 3.05) is 29.4 Å². The van der Waals surface area contributed by atoms with Crippen molar-refractivity contribution in [1.82, 2.24) is 24.2 Å². The third kappa shape index (κ3) is 4.38. The Hall–Kier alpha value is -2.64. The molecule has 31 heavy (non-hydrogen) atoms. The Morgan fingerprint density at radius 3 is 2.74 bits per heavy atom. The highest BCUT2D eigenvalue weighted by molar-refractivity contribution is 7.98. The molecular weight excluding hydrogens is 448 g/mol. The number of fused-ring (bicyclic) bond motifs is 1. The maximum absolute atomic E-state index is 15.1. The summed E-state index contributed by atoms with van der Waals surface area (Å²) >= 11 is 1.29. The van der Waals surface area contributed by atoms with Crippen molar-refractivity contribution in [3.63, 3.8) is 0 Å². The molecule has 9 nitrogen and oxygen atoms in total. The van der Waals surface area contributed by atoms with E-state index in [9.17, 15) is 12.8 Å². The van der Waals surface area contributed by atoms with Crippen LogP contribution in [-0.2, 0) is 10.2 Å². The number of hydrogen-bond donors (Lipinski definition) is 2. The highest BCUT2D eigenvalue weighted by Gasteiger charge is 2.30. The zero-order valence-corrected chi connectivity index (χ0v) is 18.3. The van der Waals surface area contributed by atoms with Gasteiger partial charge in [0, 0.05) is 13.1 Å². The van der Waals surface area contributed by atoms with Crippen molar-refractivity contribution in [3.05, 3.63) is 36.3 Å². The number of rotatable bonds is 6. The molecule has 0 spiro atoms. The minimum atomic E-state index is -3.97. The van der Waals surface area contributed by atoms with Crippen LogP contribution in [0.4, 0.5) is 26.0 Å². The molecule has 0 aliphatic carbocycles. The fourth-order valence-corrected chi connectivity index (χ4v) is 4.91. The first kappa shape index (κ1) is 21.6. The SMILES string of the molecule is CSc1ncc2ncnc(Nc3c(F)ccc(NS(=O)(=O)N4CC[C@@H](C)C4)c3F)c2n1. The highest BCUT2D eigenvalue weighted by atomic mass is 32.2. The molecule has 0 amide bonds. The van der Waals surface area contributed by atoms with Crippen molar-refractivity contribution in [1.29, 1.82) is 0 Å². The number of anilines is 3. The molecule has 2 aromatic heterocycles. The van der Waals surface area contributed by atoms with Gasteiger partial charge in [-0.25, -0.2) is 28.7 Å². The Kier molecular flexibility index (Phi) is 5.90. The Morgan fingerprint density at radius 2 is 2.03 bits per heavy atom. The molecule has 2 N–H and O–H groups in total. The second-order valence-electron chi connectivity index (χ2n) is 7.08. The van der Waals surface area contributed by atoms with E-state index in [-0.39, 0.29) is 22.9 Å². The molecule has 0 bridgehead atoms. The van der Waals surface area contributed by atoms with Crippen LogP contribution in [0, 0.1) is 17.6 Å². The average Bonchev–Trinajstić information content (AvgIpc) is 3.20. The van der Waals surface area contributed by atoms with E-state index in [4.69, 9.17) is 0 Å². The summed E-state index contributed by atoms with van der Waals surface area (Å²) in [6.07, 6.45) is 5.20. The van der Waals surface area contributed by atoms with Gasteiger partial charge in [0.15, 0.2) is 16.8 Å². The lowest BCUT2D eigenvalue weighted by Crippen LogP contribution is -2.34. The second-order valence-corrected chi connectivity index (χ2v) is 9.52. The van der Waals surface area contributed by atoms with Crippen LogP contribution in [0.25, 0.3) is 11.0 Å². The largest absolute Gasteiger partial charge is 0.333 e. The first-order valence-electron chi connectivity index (χ1n) is 9.33. The van der Waals surface area contributed by atoms with E-state index in [0.29, 0.717) is 23.8 Å². The van der Waals surface area contributed by atoms with Gasteiger partial charge in [0.25, 0.3) is 0 Å². The molecule has 1 saturated heterocycles. The first-order chi connectivity index (χ1) is 14.8. The fourth-order valence-electron chi connectivity index (χ4n) is 3.21. The molecule has 0 radical (unpaired) electrons. The third-order valence-corrected chi connectivity index (χ3v) is 6.89. The monoisotopic (exact) mass is 467 g/mol. The zero-order chi connectivity index (χ0) is 22.2. The zero-order valence-electron chi connectivity index (χ0n) is 16.6.